The topological polar surface area (TPSA) is 85.9 Å². The summed E-state index contributed by atoms with van der Waals surface area (Å²) in [5, 5.41) is 9.80. The number of benzene rings is 2. The van der Waals surface area contributed by atoms with Gasteiger partial charge in [0.05, 0.1) is 25.3 Å². The van der Waals surface area contributed by atoms with Gasteiger partial charge in [0.1, 0.15) is 0 Å². The molecule has 3 saturated heterocycles. The van der Waals surface area contributed by atoms with E-state index in [1.54, 1.807) is 6.92 Å². The number of carbonyl (C=O) groups is 2. The summed E-state index contributed by atoms with van der Waals surface area (Å²) in [5.41, 5.74) is 2.74. The molecular formula is C27H35N5O3. The highest BCUT2D eigenvalue weighted by molar-refractivity contribution is 5.92. The fourth-order valence-corrected chi connectivity index (χ4v) is 6.06. The fraction of sp³-hybridized carbons (Fsp3) is 0.481. The number of ether oxygens (including phenoxy) is 1. The van der Waals surface area contributed by atoms with Crippen molar-refractivity contribution in [1.82, 2.24) is 15.5 Å². The highest BCUT2D eigenvalue weighted by atomic mass is 16.5. The SMILES string of the molecule is CC(=O)N[C@@]12CNCC[C@@H]1[C@@H](c1ccccc1)N(CC(=O)Nc1ccc(N3CCOCC3)cc1)C2. The molecule has 2 aromatic rings. The second-order valence-electron chi connectivity index (χ2n) is 9.86. The summed E-state index contributed by atoms with van der Waals surface area (Å²) < 4.78 is 5.43. The van der Waals surface area contributed by atoms with Crippen LogP contribution in [-0.2, 0) is 14.3 Å². The Balaban J connectivity index is 1.31. The van der Waals surface area contributed by atoms with Gasteiger partial charge in [-0.2, -0.15) is 0 Å². The van der Waals surface area contributed by atoms with Crippen LogP contribution in [0.2, 0.25) is 0 Å². The lowest BCUT2D eigenvalue weighted by Gasteiger charge is -2.41. The Morgan fingerprint density at radius 2 is 1.83 bits per heavy atom. The molecule has 5 rings (SSSR count). The Morgan fingerprint density at radius 1 is 1.09 bits per heavy atom. The smallest absolute Gasteiger partial charge is 0.238 e. The third kappa shape index (κ3) is 5.19. The second kappa shape index (κ2) is 10.4. The maximum Gasteiger partial charge on any atom is 0.238 e. The molecule has 3 fully saturated rings. The van der Waals surface area contributed by atoms with Crippen LogP contribution in [0.3, 0.4) is 0 Å². The normalized spacial score (nSPS) is 26.7. The van der Waals surface area contributed by atoms with E-state index < -0.39 is 0 Å². The number of nitrogens with zero attached hydrogens (tertiary/aromatic N) is 2. The average molecular weight is 478 g/mol. The van der Waals surface area contributed by atoms with E-state index in [9.17, 15) is 9.59 Å². The predicted octanol–water partition coefficient (Wildman–Crippen LogP) is 2.00. The summed E-state index contributed by atoms with van der Waals surface area (Å²) in [4.78, 5) is 29.9. The fourth-order valence-electron chi connectivity index (χ4n) is 6.06. The van der Waals surface area contributed by atoms with E-state index in [0.29, 0.717) is 13.1 Å². The quantitative estimate of drug-likeness (QED) is 0.590. The summed E-state index contributed by atoms with van der Waals surface area (Å²) in [6.45, 7) is 7.35. The molecule has 0 radical (unpaired) electrons. The third-order valence-electron chi connectivity index (χ3n) is 7.48. The number of rotatable bonds is 6. The van der Waals surface area contributed by atoms with Crippen molar-refractivity contribution in [3.63, 3.8) is 0 Å². The Morgan fingerprint density at radius 3 is 2.54 bits per heavy atom. The Kier molecular flexibility index (Phi) is 7.04. The number of hydrogen-bond acceptors (Lipinski definition) is 6. The van der Waals surface area contributed by atoms with Crippen LogP contribution in [-0.4, -0.2) is 74.7 Å². The molecule has 8 heteroatoms. The van der Waals surface area contributed by atoms with Crippen molar-refractivity contribution in [3.05, 3.63) is 60.2 Å². The molecule has 3 aliphatic rings. The predicted molar refractivity (Wildman–Crippen MR) is 136 cm³/mol. The van der Waals surface area contributed by atoms with Crippen molar-refractivity contribution in [2.45, 2.75) is 24.9 Å². The number of fused-ring (bicyclic) bond motifs is 1. The highest BCUT2D eigenvalue weighted by Crippen LogP contribution is 2.46. The average Bonchev–Trinajstić information content (AvgIpc) is 3.18. The molecule has 0 unspecified atom stereocenters. The molecule has 8 nitrogen and oxygen atoms in total. The largest absolute Gasteiger partial charge is 0.378 e. The van der Waals surface area contributed by atoms with E-state index in [1.165, 1.54) is 5.56 Å². The van der Waals surface area contributed by atoms with E-state index in [0.717, 1.165) is 50.6 Å². The zero-order valence-corrected chi connectivity index (χ0v) is 20.3. The van der Waals surface area contributed by atoms with Gasteiger partial charge in [-0.3, -0.25) is 14.5 Å². The van der Waals surface area contributed by atoms with E-state index >= 15 is 0 Å². The van der Waals surface area contributed by atoms with Crippen LogP contribution in [0.1, 0.15) is 24.9 Å². The first-order chi connectivity index (χ1) is 17.0. The van der Waals surface area contributed by atoms with Crippen LogP contribution in [0.15, 0.2) is 54.6 Å². The molecule has 2 amide bonds. The molecule has 3 N–H and O–H groups in total. The first-order valence-electron chi connectivity index (χ1n) is 12.6. The van der Waals surface area contributed by atoms with Gasteiger partial charge in [0.2, 0.25) is 11.8 Å². The van der Waals surface area contributed by atoms with Crippen molar-refractivity contribution in [2.75, 3.05) is 62.7 Å². The van der Waals surface area contributed by atoms with Gasteiger partial charge in [-0.05, 0) is 42.8 Å². The summed E-state index contributed by atoms with van der Waals surface area (Å²) in [5.74, 6) is 0.155. The molecule has 2 aromatic carbocycles. The third-order valence-corrected chi connectivity index (χ3v) is 7.48. The number of morpholine rings is 1. The van der Waals surface area contributed by atoms with Gasteiger partial charge in [-0.15, -0.1) is 0 Å². The van der Waals surface area contributed by atoms with Crippen molar-refractivity contribution in [3.8, 4) is 0 Å². The molecule has 0 bridgehead atoms. The van der Waals surface area contributed by atoms with Crippen molar-refractivity contribution >= 4 is 23.2 Å². The lowest BCUT2D eigenvalue weighted by molar-refractivity contribution is -0.121. The van der Waals surface area contributed by atoms with Gasteiger partial charge < -0.3 is 25.6 Å². The molecule has 3 aliphatic heterocycles. The Labute approximate surface area is 207 Å². The van der Waals surface area contributed by atoms with Crippen LogP contribution < -0.4 is 20.9 Å². The van der Waals surface area contributed by atoms with Crippen LogP contribution in [0.4, 0.5) is 11.4 Å². The molecule has 0 aromatic heterocycles. The maximum atomic E-state index is 13.2. The minimum absolute atomic E-state index is 0.0304. The van der Waals surface area contributed by atoms with Crippen LogP contribution >= 0.6 is 0 Å². The minimum Gasteiger partial charge on any atom is -0.378 e. The van der Waals surface area contributed by atoms with Crippen molar-refractivity contribution in [2.24, 2.45) is 5.92 Å². The van der Waals surface area contributed by atoms with E-state index in [4.69, 9.17) is 4.74 Å². The van der Waals surface area contributed by atoms with E-state index in [1.807, 2.05) is 30.3 Å². The lowest BCUT2D eigenvalue weighted by Crippen LogP contribution is -2.62. The second-order valence-corrected chi connectivity index (χ2v) is 9.86. The lowest BCUT2D eigenvalue weighted by atomic mass is 9.76. The summed E-state index contributed by atoms with van der Waals surface area (Å²) in [7, 11) is 0. The number of hydrogen-bond donors (Lipinski definition) is 3. The van der Waals surface area contributed by atoms with Gasteiger partial charge in [0.15, 0.2) is 0 Å². The van der Waals surface area contributed by atoms with Gasteiger partial charge in [-0.25, -0.2) is 0 Å². The molecule has 0 saturated carbocycles. The van der Waals surface area contributed by atoms with Gasteiger partial charge in [-0.1, -0.05) is 30.3 Å². The van der Waals surface area contributed by atoms with Crippen LogP contribution in [0.25, 0.3) is 0 Å². The Hall–Kier alpha value is -2.94. The number of anilines is 2. The standard InChI is InChI=1S/C27H35N5O3/c1-20(33)30-27-18-28-12-11-24(27)26(21-5-3-2-4-6-21)32(19-27)17-25(34)29-22-7-9-23(10-8-22)31-13-15-35-16-14-31/h2-10,24,26,28H,11-19H2,1H3,(H,29,34)(H,30,33)/t24-,26-,27-/m1/s1. The number of amides is 2. The van der Waals surface area contributed by atoms with Gasteiger partial charge >= 0.3 is 0 Å². The molecule has 3 heterocycles. The number of likely N-dealkylation sites (tertiary alicyclic amines) is 1. The summed E-state index contributed by atoms with van der Waals surface area (Å²) in [6, 6.07) is 18.5. The summed E-state index contributed by atoms with van der Waals surface area (Å²) in [6.07, 6.45) is 0.945. The monoisotopic (exact) mass is 477 g/mol. The van der Waals surface area contributed by atoms with E-state index in [-0.39, 0.29) is 35.9 Å². The van der Waals surface area contributed by atoms with Gasteiger partial charge in [0.25, 0.3) is 0 Å². The number of carbonyl (C=O) groups excluding carboxylic acids is 2. The zero-order valence-electron chi connectivity index (χ0n) is 20.3. The minimum atomic E-state index is -0.384. The zero-order chi connectivity index (χ0) is 24.3. The molecule has 186 valence electrons. The molecule has 0 aliphatic carbocycles. The molecule has 0 spiro atoms. The highest BCUT2D eigenvalue weighted by Gasteiger charge is 2.54. The molecular weight excluding hydrogens is 442 g/mol. The van der Waals surface area contributed by atoms with Crippen molar-refractivity contribution in [1.29, 1.82) is 0 Å². The van der Waals surface area contributed by atoms with Crippen LogP contribution in [0.5, 0.6) is 0 Å². The van der Waals surface area contributed by atoms with Crippen molar-refractivity contribution < 1.29 is 14.3 Å². The Bertz CT molecular complexity index is 1020. The van der Waals surface area contributed by atoms with E-state index in [2.05, 4.69) is 50.0 Å². The summed E-state index contributed by atoms with van der Waals surface area (Å²) >= 11 is 0. The maximum absolute atomic E-state index is 13.2. The van der Waals surface area contributed by atoms with Crippen LogP contribution in [0, 0.1) is 5.92 Å². The van der Waals surface area contributed by atoms with Gasteiger partial charge in [0, 0.05) is 56.4 Å². The number of nitrogens with one attached hydrogen (secondary N) is 3. The molecule has 3 atom stereocenters. The number of piperidine rings is 1. The first kappa shape index (κ1) is 23.8. The first-order valence-corrected chi connectivity index (χ1v) is 12.6. The molecule has 35 heavy (non-hydrogen) atoms.